The second-order valence-electron chi connectivity index (χ2n) is 6.87. The number of halogens is 1. The quantitative estimate of drug-likeness (QED) is 0.373. The minimum atomic E-state index is -0.497. The highest BCUT2D eigenvalue weighted by Crippen LogP contribution is 2.23. The number of hydrogen-bond donors (Lipinski definition) is 0. The van der Waals surface area contributed by atoms with Crippen molar-refractivity contribution in [3.05, 3.63) is 50.9 Å². The standard InChI is InChI=1S/C18H20BrN7O4/c1-29-14-4-2-13(3-5-14)17-20-16(30-22-17)11-23-6-8-24(9-7-23)12-25-10-15(19)18(21-25)26(27)28/h2-5,10H,6-9,11-12H2,1H3. The molecule has 12 heteroatoms. The summed E-state index contributed by atoms with van der Waals surface area (Å²) in [6, 6.07) is 7.50. The summed E-state index contributed by atoms with van der Waals surface area (Å²) in [5.74, 6) is 1.73. The molecule has 1 aliphatic heterocycles. The van der Waals surface area contributed by atoms with Gasteiger partial charge in [0.1, 0.15) is 16.9 Å². The number of methoxy groups -OCH3 is 1. The van der Waals surface area contributed by atoms with Crippen molar-refractivity contribution in [3.63, 3.8) is 0 Å². The van der Waals surface area contributed by atoms with Gasteiger partial charge in [0.25, 0.3) is 0 Å². The first-order valence-corrected chi connectivity index (χ1v) is 10.1. The summed E-state index contributed by atoms with van der Waals surface area (Å²) in [7, 11) is 1.62. The summed E-state index contributed by atoms with van der Waals surface area (Å²) in [4.78, 5) is 19.3. The monoisotopic (exact) mass is 477 g/mol. The zero-order valence-electron chi connectivity index (χ0n) is 16.3. The minimum absolute atomic E-state index is 0.169. The third-order valence-corrected chi connectivity index (χ3v) is 5.42. The first-order valence-electron chi connectivity index (χ1n) is 9.31. The average molecular weight is 478 g/mol. The molecule has 1 saturated heterocycles. The van der Waals surface area contributed by atoms with Gasteiger partial charge in [0.05, 0.1) is 25.0 Å². The maximum atomic E-state index is 10.9. The van der Waals surface area contributed by atoms with Crippen LogP contribution in [0, 0.1) is 10.1 Å². The largest absolute Gasteiger partial charge is 0.497 e. The highest BCUT2D eigenvalue weighted by molar-refractivity contribution is 9.10. The Bertz CT molecular complexity index is 1010. The topological polar surface area (TPSA) is 116 Å². The molecule has 0 unspecified atom stereocenters. The van der Waals surface area contributed by atoms with Crippen LogP contribution < -0.4 is 4.74 Å². The molecule has 0 spiro atoms. The lowest BCUT2D eigenvalue weighted by molar-refractivity contribution is -0.390. The van der Waals surface area contributed by atoms with Crippen LogP contribution in [0.15, 0.2) is 39.5 Å². The summed E-state index contributed by atoms with van der Waals surface area (Å²) in [6.45, 7) is 4.35. The first kappa shape index (κ1) is 20.4. The molecule has 3 heterocycles. The molecule has 0 N–H and O–H groups in total. The summed E-state index contributed by atoms with van der Waals surface area (Å²) in [5, 5.41) is 19.0. The molecular weight excluding hydrogens is 458 g/mol. The summed E-state index contributed by atoms with van der Waals surface area (Å²) in [5.41, 5.74) is 0.870. The molecule has 0 amide bonds. The highest BCUT2D eigenvalue weighted by atomic mass is 79.9. The van der Waals surface area contributed by atoms with E-state index in [4.69, 9.17) is 9.26 Å². The van der Waals surface area contributed by atoms with Crippen LogP contribution in [0.1, 0.15) is 5.89 Å². The van der Waals surface area contributed by atoms with Gasteiger partial charge in [-0.05, 0) is 45.1 Å². The van der Waals surface area contributed by atoms with Crippen molar-refractivity contribution in [1.29, 1.82) is 0 Å². The maximum Gasteiger partial charge on any atom is 0.404 e. The van der Waals surface area contributed by atoms with Crippen LogP contribution in [0.2, 0.25) is 0 Å². The van der Waals surface area contributed by atoms with Gasteiger partial charge in [0.2, 0.25) is 11.7 Å². The fourth-order valence-corrected chi connectivity index (χ4v) is 3.70. The Balaban J connectivity index is 1.29. The molecule has 1 fully saturated rings. The van der Waals surface area contributed by atoms with Crippen molar-refractivity contribution >= 4 is 21.7 Å². The summed E-state index contributed by atoms with van der Waals surface area (Å²) >= 11 is 3.17. The SMILES string of the molecule is COc1ccc(-c2noc(CN3CCN(Cn4cc(Br)c([N+](=O)[O-])n4)CC3)n2)cc1. The molecule has 1 aromatic carbocycles. The first-order chi connectivity index (χ1) is 14.5. The molecule has 158 valence electrons. The summed E-state index contributed by atoms with van der Waals surface area (Å²) < 4.78 is 12.5. The predicted octanol–water partition coefficient (Wildman–Crippen LogP) is 2.39. The van der Waals surface area contributed by atoms with Gasteiger partial charge < -0.3 is 19.4 Å². The number of aromatic nitrogens is 4. The van der Waals surface area contributed by atoms with Crippen LogP contribution in [-0.4, -0.2) is 67.9 Å². The lowest BCUT2D eigenvalue weighted by Gasteiger charge is -2.33. The summed E-state index contributed by atoms with van der Waals surface area (Å²) in [6.07, 6.45) is 1.63. The van der Waals surface area contributed by atoms with Crippen molar-refractivity contribution in [2.75, 3.05) is 33.3 Å². The lowest BCUT2D eigenvalue weighted by atomic mass is 10.2. The number of benzene rings is 1. The number of nitro groups is 1. The zero-order chi connectivity index (χ0) is 21.1. The van der Waals surface area contributed by atoms with E-state index in [1.165, 1.54) is 0 Å². The van der Waals surface area contributed by atoms with Gasteiger partial charge in [-0.15, -0.1) is 0 Å². The van der Waals surface area contributed by atoms with E-state index in [1.54, 1.807) is 18.0 Å². The Hall–Kier alpha value is -2.83. The number of hydrogen-bond acceptors (Lipinski definition) is 9. The van der Waals surface area contributed by atoms with Gasteiger partial charge in [-0.25, -0.2) is 0 Å². The minimum Gasteiger partial charge on any atom is -0.497 e. The van der Waals surface area contributed by atoms with E-state index in [0.717, 1.165) is 37.5 Å². The van der Waals surface area contributed by atoms with Gasteiger partial charge in [-0.1, -0.05) is 5.16 Å². The van der Waals surface area contributed by atoms with E-state index >= 15 is 0 Å². The van der Waals surface area contributed by atoms with E-state index in [1.807, 2.05) is 24.3 Å². The second-order valence-corrected chi connectivity index (χ2v) is 7.73. The Morgan fingerprint density at radius 2 is 1.90 bits per heavy atom. The third-order valence-electron chi connectivity index (χ3n) is 4.86. The fraction of sp³-hybridized carbons (Fsp3) is 0.389. The number of piperazine rings is 1. The molecule has 0 saturated carbocycles. The molecule has 2 aromatic heterocycles. The van der Waals surface area contributed by atoms with Crippen LogP contribution in [-0.2, 0) is 13.2 Å². The van der Waals surface area contributed by atoms with E-state index < -0.39 is 4.92 Å². The van der Waals surface area contributed by atoms with Gasteiger partial charge in [0, 0.05) is 31.7 Å². The molecule has 0 radical (unpaired) electrons. The second kappa shape index (κ2) is 8.90. The van der Waals surface area contributed by atoms with Crippen molar-refractivity contribution in [2.24, 2.45) is 0 Å². The fourth-order valence-electron chi connectivity index (χ4n) is 3.24. The number of nitrogens with zero attached hydrogens (tertiary/aromatic N) is 7. The van der Waals surface area contributed by atoms with Crippen molar-refractivity contribution < 1.29 is 14.2 Å². The Kier molecular flexibility index (Phi) is 6.06. The van der Waals surface area contributed by atoms with Crippen LogP contribution in [0.25, 0.3) is 11.4 Å². The third kappa shape index (κ3) is 4.66. The Labute approximate surface area is 180 Å². The number of ether oxygens (including phenoxy) is 1. The molecular formula is C18H20BrN7O4. The molecule has 30 heavy (non-hydrogen) atoms. The maximum absolute atomic E-state index is 10.9. The van der Waals surface area contributed by atoms with Crippen molar-refractivity contribution in [3.8, 4) is 17.1 Å². The van der Waals surface area contributed by atoms with Crippen LogP contribution >= 0.6 is 15.9 Å². The van der Waals surface area contributed by atoms with Crippen LogP contribution in [0.4, 0.5) is 5.82 Å². The van der Waals surface area contributed by atoms with Gasteiger partial charge in [-0.3, -0.25) is 9.80 Å². The molecule has 1 aliphatic rings. The van der Waals surface area contributed by atoms with Crippen LogP contribution in [0.3, 0.4) is 0 Å². The van der Waals surface area contributed by atoms with Gasteiger partial charge >= 0.3 is 5.82 Å². The number of rotatable bonds is 7. The van der Waals surface area contributed by atoms with Gasteiger partial charge in [-0.2, -0.15) is 9.67 Å². The molecule has 11 nitrogen and oxygen atoms in total. The molecule has 4 rings (SSSR count). The Morgan fingerprint density at radius 1 is 1.20 bits per heavy atom. The normalized spacial score (nSPS) is 15.4. The lowest BCUT2D eigenvalue weighted by Crippen LogP contribution is -2.46. The molecule has 3 aromatic rings. The molecule has 0 aliphatic carbocycles. The average Bonchev–Trinajstić information content (AvgIpc) is 3.36. The molecule has 0 atom stereocenters. The predicted molar refractivity (Wildman–Crippen MR) is 110 cm³/mol. The van der Waals surface area contributed by atoms with E-state index in [9.17, 15) is 10.1 Å². The van der Waals surface area contributed by atoms with Crippen molar-refractivity contribution in [2.45, 2.75) is 13.2 Å². The molecule has 0 bridgehead atoms. The van der Waals surface area contributed by atoms with Crippen molar-refractivity contribution in [1.82, 2.24) is 29.7 Å². The zero-order valence-corrected chi connectivity index (χ0v) is 17.9. The van der Waals surface area contributed by atoms with E-state index in [0.29, 0.717) is 29.4 Å². The van der Waals surface area contributed by atoms with Gasteiger partial charge in [0.15, 0.2) is 0 Å². The highest BCUT2D eigenvalue weighted by Gasteiger charge is 2.23. The van der Waals surface area contributed by atoms with Crippen LogP contribution in [0.5, 0.6) is 5.75 Å². The Morgan fingerprint density at radius 3 is 2.53 bits per heavy atom. The van der Waals surface area contributed by atoms with E-state index in [2.05, 4.69) is 41.0 Å². The van der Waals surface area contributed by atoms with E-state index in [-0.39, 0.29) is 5.82 Å². The smallest absolute Gasteiger partial charge is 0.404 e.